The van der Waals surface area contributed by atoms with E-state index in [0.717, 1.165) is 17.2 Å². The van der Waals surface area contributed by atoms with E-state index in [1.807, 2.05) is 30.5 Å². The molecule has 0 aliphatic rings. The largest absolute Gasteiger partial charge is 0.484 e. The molecule has 0 aliphatic heterocycles. The molecule has 1 aromatic heterocycles. The van der Waals surface area contributed by atoms with E-state index in [4.69, 9.17) is 4.74 Å². The molecule has 1 aromatic carbocycles. The summed E-state index contributed by atoms with van der Waals surface area (Å²) in [6, 6.07) is 7.81. The van der Waals surface area contributed by atoms with E-state index >= 15 is 0 Å². The Morgan fingerprint density at radius 3 is 2.71 bits per heavy atom. The first-order valence-corrected chi connectivity index (χ1v) is 8.64. The lowest BCUT2D eigenvalue weighted by Gasteiger charge is -2.06. The van der Waals surface area contributed by atoms with Crippen molar-refractivity contribution in [1.82, 2.24) is 10.2 Å². The van der Waals surface area contributed by atoms with Crippen LogP contribution in [0.3, 0.4) is 0 Å². The second-order valence-electron chi connectivity index (χ2n) is 4.31. The predicted molar refractivity (Wildman–Crippen MR) is 86.3 cm³/mol. The first-order chi connectivity index (χ1) is 10.2. The van der Waals surface area contributed by atoms with Crippen molar-refractivity contribution in [3.63, 3.8) is 0 Å². The number of benzene rings is 1. The number of thioether (sulfide) groups is 1. The van der Waals surface area contributed by atoms with E-state index in [9.17, 15) is 4.79 Å². The highest BCUT2D eigenvalue weighted by atomic mass is 32.2. The summed E-state index contributed by atoms with van der Waals surface area (Å²) in [6.45, 7) is 2.10. The fourth-order valence-electron chi connectivity index (χ4n) is 1.69. The third-order valence-electron chi connectivity index (χ3n) is 2.66. The molecule has 0 aliphatic carbocycles. The van der Waals surface area contributed by atoms with Crippen LogP contribution >= 0.6 is 23.1 Å². The number of aromatic nitrogens is 2. The van der Waals surface area contributed by atoms with Gasteiger partial charge >= 0.3 is 0 Å². The van der Waals surface area contributed by atoms with Crippen LogP contribution in [0.15, 0.2) is 28.6 Å². The highest BCUT2D eigenvalue weighted by Crippen LogP contribution is 2.23. The maximum absolute atomic E-state index is 11.7. The number of anilines is 1. The normalized spacial score (nSPS) is 10.4. The van der Waals surface area contributed by atoms with Gasteiger partial charge in [-0.05, 0) is 30.4 Å². The Hall–Kier alpha value is -1.60. The number of carbonyl (C=O) groups is 1. The van der Waals surface area contributed by atoms with E-state index < -0.39 is 0 Å². The number of carbonyl (C=O) groups excluding carboxylic acids is 1. The maximum Gasteiger partial charge on any atom is 0.264 e. The average Bonchev–Trinajstić information content (AvgIpc) is 2.94. The third kappa shape index (κ3) is 5.02. The van der Waals surface area contributed by atoms with E-state index in [2.05, 4.69) is 22.4 Å². The SMILES string of the molecule is CCCc1ccc(OCC(=O)Nc2nnc(SC)s2)cc1. The van der Waals surface area contributed by atoms with Crippen molar-refractivity contribution in [1.29, 1.82) is 0 Å². The molecule has 2 rings (SSSR count). The van der Waals surface area contributed by atoms with Gasteiger partial charge in [0.15, 0.2) is 10.9 Å². The number of amides is 1. The zero-order chi connectivity index (χ0) is 15.1. The summed E-state index contributed by atoms with van der Waals surface area (Å²) in [6.07, 6.45) is 4.08. The van der Waals surface area contributed by atoms with Crippen molar-refractivity contribution in [3.05, 3.63) is 29.8 Å². The van der Waals surface area contributed by atoms with Gasteiger partial charge in [0.2, 0.25) is 5.13 Å². The number of hydrogen-bond acceptors (Lipinski definition) is 6. The van der Waals surface area contributed by atoms with Crippen LogP contribution in [0.1, 0.15) is 18.9 Å². The molecule has 0 radical (unpaired) electrons. The minimum Gasteiger partial charge on any atom is -0.484 e. The molecular formula is C14H17N3O2S2. The molecule has 1 amide bonds. The molecule has 5 nitrogen and oxygen atoms in total. The van der Waals surface area contributed by atoms with Crippen LogP contribution in [-0.2, 0) is 11.2 Å². The highest BCUT2D eigenvalue weighted by molar-refractivity contribution is 8.00. The molecule has 1 heterocycles. The lowest BCUT2D eigenvalue weighted by Crippen LogP contribution is -2.20. The fraction of sp³-hybridized carbons (Fsp3) is 0.357. The van der Waals surface area contributed by atoms with E-state index in [1.165, 1.54) is 28.7 Å². The van der Waals surface area contributed by atoms with E-state index in [-0.39, 0.29) is 12.5 Å². The van der Waals surface area contributed by atoms with Gasteiger partial charge in [-0.1, -0.05) is 48.6 Å². The maximum atomic E-state index is 11.7. The summed E-state index contributed by atoms with van der Waals surface area (Å²) in [7, 11) is 0. The quantitative estimate of drug-likeness (QED) is 0.626. The molecule has 7 heteroatoms. The standard InChI is InChI=1S/C14H17N3O2S2/c1-3-4-10-5-7-11(8-6-10)19-9-12(18)15-13-16-17-14(20-2)21-13/h5-8H,3-4,9H2,1-2H3,(H,15,16,18). The molecule has 112 valence electrons. The van der Waals surface area contributed by atoms with Crippen LogP contribution in [0.2, 0.25) is 0 Å². The lowest BCUT2D eigenvalue weighted by molar-refractivity contribution is -0.118. The van der Waals surface area contributed by atoms with Gasteiger partial charge < -0.3 is 4.74 Å². The van der Waals surface area contributed by atoms with Gasteiger partial charge in [-0.25, -0.2) is 0 Å². The molecule has 0 saturated carbocycles. The molecule has 1 N–H and O–H groups in total. The van der Waals surface area contributed by atoms with Crippen LogP contribution in [0, 0.1) is 0 Å². The zero-order valence-corrected chi connectivity index (χ0v) is 13.6. The van der Waals surface area contributed by atoms with Crippen molar-refractivity contribution in [2.75, 3.05) is 18.2 Å². The van der Waals surface area contributed by atoms with Gasteiger partial charge in [0, 0.05) is 0 Å². The first kappa shape index (κ1) is 15.8. The van der Waals surface area contributed by atoms with Gasteiger partial charge in [-0.2, -0.15) is 0 Å². The Bertz CT molecular complexity index is 584. The van der Waals surface area contributed by atoms with Gasteiger partial charge in [0.25, 0.3) is 5.91 Å². The number of rotatable bonds is 7. The topological polar surface area (TPSA) is 64.1 Å². The second-order valence-corrected chi connectivity index (χ2v) is 6.34. The average molecular weight is 323 g/mol. The number of hydrogen-bond donors (Lipinski definition) is 1. The first-order valence-electron chi connectivity index (χ1n) is 6.60. The van der Waals surface area contributed by atoms with Gasteiger partial charge in [-0.15, -0.1) is 10.2 Å². The fourth-order valence-corrected chi connectivity index (χ4v) is 2.87. The zero-order valence-electron chi connectivity index (χ0n) is 12.0. The molecule has 21 heavy (non-hydrogen) atoms. The van der Waals surface area contributed by atoms with Gasteiger partial charge in [0.1, 0.15) is 5.75 Å². The summed E-state index contributed by atoms with van der Waals surface area (Å²) in [5.41, 5.74) is 1.27. The minimum atomic E-state index is -0.239. The Morgan fingerprint density at radius 1 is 1.33 bits per heavy atom. The summed E-state index contributed by atoms with van der Waals surface area (Å²) in [5, 5.41) is 10.9. The van der Waals surface area contributed by atoms with Crippen LogP contribution in [0.25, 0.3) is 0 Å². The number of ether oxygens (including phenoxy) is 1. The van der Waals surface area contributed by atoms with Crippen LogP contribution in [-0.4, -0.2) is 29.0 Å². The van der Waals surface area contributed by atoms with E-state index in [1.54, 1.807) is 0 Å². The van der Waals surface area contributed by atoms with Crippen molar-refractivity contribution in [2.24, 2.45) is 0 Å². The summed E-state index contributed by atoms with van der Waals surface area (Å²) < 4.78 is 6.26. The smallest absolute Gasteiger partial charge is 0.264 e. The predicted octanol–water partition coefficient (Wildman–Crippen LogP) is 3.23. The van der Waals surface area contributed by atoms with Crippen molar-refractivity contribution >= 4 is 34.1 Å². The molecule has 0 saturated heterocycles. The molecule has 0 spiro atoms. The number of nitrogens with zero attached hydrogens (tertiary/aromatic N) is 2. The Balaban J connectivity index is 1.80. The molecule has 2 aromatic rings. The van der Waals surface area contributed by atoms with Crippen molar-refractivity contribution in [2.45, 2.75) is 24.1 Å². The Kier molecular flexibility index (Phi) is 6.01. The molecule has 0 atom stereocenters. The van der Waals surface area contributed by atoms with E-state index in [0.29, 0.717) is 10.9 Å². The van der Waals surface area contributed by atoms with Gasteiger partial charge in [0.05, 0.1) is 0 Å². The number of nitrogens with one attached hydrogen (secondary N) is 1. The monoisotopic (exact) mass is 323 g/mol. The summed E-state index contributed by atoms with van der Waals surface area (Å²) in [5.74, 6) is 0.448. The Labute approximate surface area is 132 Å². The summed E-state index contributed by atoms with van der Waals surface area (Å²) >= 11 is 2.84. The molecule has 0 bridgehead atoms. The minimum absolute atomic E-state index is 0.0404. The van der Waals surface area contributed by atoms with Crippen molar-refractivity contribution < 1.29 is 9.53 Å². The highest BCUT2D eigenvalue weighted by Gasteiger charge is 2.08. The number of aryl methyl sites for hydroxylation is 1. The third-order valence-corrected chi connectivity index (χ3v) is 4.47. The molecule has 0 fully saturated rings. The van der Waals surface area contributed by atoms with Crippen LogP contribution in [0.4, 0.5) is 5.13 Å². The van der Waals surface area contributed by atoms with Crippen molar-refractivity contribution in [3.8, 4) is 5.75 Å². The molecular weight excluding hydrogens is 306 g/mol. The summed E-state index contributed by atoms with van der Waals surface area (Å²) in [4.78, 5) is 11.7. The van der Waals surface area contributed by atoms with Crippen LogP contribution < -0.4 is 10.1 Å². The lowest BCUT2D eigenvalue weighted by atomic mass is 10.1. The van der Waals surface area contributed by atoms with Crippen LogP contribution in [0.5, 0.6) is 5.75 Å². The van der Waals surface area contributed by atoms with Gasteiger partial charge in [-0.3, -0.25) is 10.1 Å². The molecule has 0 unspecified atom stereocenters. The second kappa shape index (κ2) is 7.99. The Morgan fingerprint density at radius 2 is 2.10 bits per heavy atom.